The Balaban J connectivity index is 3.00. The van der Waals surface area contributed by atoms with Gasteiger partial charge in [-0.25, -0.2) is 0 Å². The molecule has 0 amide bonds. The predicted molar refractivity (Wildman–Crippen MR) is 77.0 cm³/mol. The van der Waals surface area contributed by atoms with E-state index in [9.17, 15) is 0 Å². The zero-order valence-corrected chi connectivity index (χ0v) is 12.6. The van der Waals surface area contributed by atoms with Crippen molar-refractivity contribution in [1.29, 1.82) is 0 Å². The van der Waals surface area contributed by atoms with Crippen LogP contribution in [-0.2, 0) is 6.54 Å². The summed E-state index contributed by atoms with van der Waals surface area (Å²) in [6, 6.07) is 4.01. The van der Waals surface area contributed by atoms with Crippen LogP contribution in [0.25, 0.3) is 0 Å². The third-order valence-corrected chi connectivity index (χ3v) is 2.80. The molecule has 1 aromatic rings. The number of rotatable bonds is 6. The summed E-state index contributed by atoms with van der Waals surface area (Å²) in [5.41, 5.74) is 1.14. The van der Waals surface area contributed by atoms with Crippen LogP contribution in [0.3, 0.4) is 0 Å². The monoisotopic (exact) mass is 311 g/mol. The molecule has 4 heteroatoms. The maximum atomic E-state index is 5.63. The second-order valence-electron chi connectivity index (χ2n) is 3.58. The van der Waals surface area contributed by atoms with E-state index < -0.39 is 0 Å². The first-order valence-corrected chi connectivity index (χ1v) is 6.64. The van der Waals surface area contributed by atoms with Crippen LogP contribution in [-0.4, -0.2) is 20.3 Å². The van der Waals surface area contributed by atoms with E-state index in [4.69, 9.17) is 9.47 Å². The van der Waals surface area contributed by atoms with Gasteiger partial charge in [-0.3, -0.25) is 0 Å². The molecule has 0 unspecified atom stereocenters. The van der Waals surface area contributed by atoms with Crippen LogP contribution in [0.1, 0.15) is 19.4 Å². The van der Waals surface area contributed by atoms with E-state index in [2.05, 4.69) is 33.1 Å². The van der Waals surface area contributed by atoms with Gasteiger partial charge < -0.3 is 14.8 Å². The van der Waals surface area contributed by atoms with Crippen LogP contribution in [0, 0.1) is 11.8 Å². The molecular formula is C14H18BrNO2. The summed E-state index contributed by atoms with van der Waals surface area (Å²) < 4.78 is 12.1. The Morgan fingerprint density at radius 1 is 1.33 bits per heavy atom. The van der Waals surface area contributed by atoms with Gasteiger partial charge in [0.15, 0.2) is 11.5 Å². The molecule has 0 radical (unpaired) electrons. The van der Waals surface area contributed by atoms with Crippen LogP contribution < -0.4 is 14.8 Å². The maximum Gasteiger partial charge on any atom is 0.176 e. The van der Waals surface area contributed by atoms with Crippen LogP contribution in [0.15, 0.2) is 16.6 Å². The highest BCUT2D eigenvalue weighted by Crippen LogP contribution is 2.36. The van der Waals surface area contributed by atoms with Crippen molar-refractivity contribution in [2.75, 3.05) is 20.3 Å². The zero-order chi connectivity index (χ0) is 13.4. The Morgan fingerprint density at radius 3 is 2.72 bits per heavy atom. The topological polar surface area (TPSA) is 30.5 Å². The SMILES string of the molecule is CC#CCOc1c(Br)cc(CNC)cc1OCC. The standard InChI is InChI=1S/C14H18BrNO2/c1-4-6-7-18-14-12(15)8-11(10-16-3)9-13(14)17-5-2/h8-9,16H,5,7,10H2,1-3H3. The summed E-state index contributed by atoms with van der Waals surface area (Å²) in [6.07, 6.45) is 0. The van der Waals surface area contributed by atoms with Crippen LogP contribution >= 0.6 is 15.9 Å². The molecule has 0 saturated heterocycles. The molecule has 0 aliphatic carbocycles. The Labute approximate surface area is 117 Å². The Morgan fingerprint density at radius 2 is 2.11 bits per heavy atom. The first-order valence-electron chi connectivity index (χ1n) is 5.85. The highest BCUT2D eigenvalue weighted by atomic mass is 79.9. The summed E-state index contributed by atoms with van der Waals surface area (Å²) in [5, 5.41) is 3.11. The van der Waals surface area contributed by atoms with Crippen molar-refractivity contribution in [3.63, 3.8) is 0 Å². The lowest BCUT2D eigenvalue weighted by Crippen LogP contribution is -2.07. The lowest BCUT2D eigenvalue weighted by Gasteiger charge is -2.14. The van der Waals surface area contributed by atoms with E-state index in [1.54, 1.807) is 6.92 Å². The largest absolute Gasteiger partial charge is 0.490 e. The molecule has 98 valence electrons. The van der Waals surface area contributed by atoms with Crippen molar-refractivity contribution in [2.24, 2.45) is 0 Å². The van der Waals surface area contributed by atoms with E-state index in [1.807, 2.05) is 26.1 Å². The summed E-state index contributed by atoms with van der Waals surface area (Å²) in [7, 11) is 1.91. The number of nitrogens with one attached hydrogen (secondary N) is 1. The van der Waals surface area contributed by atoms with Gasteiger partial charge in [-0.15, -0.1) is 5.92 Å². The second-order valence-corrected chi connectivity index (χ2v) is 4.44. The Hall–Kier alpha value is -1.18. The van der Waals surface area contributed by atoms with Crippen molar-refractivity contribution >= 4 is 15.9 Å². The average molecular weight is 312 g/mol. The van der Waals surface area contributed by atoms with Gasteiger partial charge in [0.05, 0.1) is 11.1 Å². The molecule has 0 heterocycles. The first-order chi connectivity index (χ1) is 8.72. The van der Waals surface area contributed by atoms with E-state index in [-0.39, 0.29) is 0 Å². The van der Waals surface area contributed by atoms with E-state index >= 15 is 0 Å². The smallest absolute Gasteiger partial charge is 0.176 e. The van der Waals surface area contributed by atoms with Gasteiger partial charge in [-0.2, -0.15) is 0 Å². The number of hydrogen-bond donors (Lipinski definition) is 1. The minimum atomic E-state index is 0.362. The average Bonchev–Trinajstić information content (AvgIpc) is 2.33. The molecular weight excluding hydrogens is 294 g/mol. The van der Waals surface area contributed by atoms with Crippen molar-refractivity contribution in [1.82, 2.24) is 5.32 Å². The fraction of sp³-hybridized carbons (Fsp3) is 0.429. The third-order valence-electron chi connectivity index (χ3n) is 2.22. The fourth-order valence-corrected chi connectivity index (χ4v) is 2.11. The zero-order valence-electron chi connectivity index (χ0n) is 11.0. The summed E-state index contributed by atoms with van der Waals surface area (Å²) in [5.74, 6) is 7.12. The summed E-state index contributed by atoms with van der Waals surface area (Å²) in [4.78, 5) is 0. The molecule has 0 saturated carbocycles. The predicted octanol–water partition coefficient (Wildman–Crippen LogP) is 2.97. The summed E-state index contributed by atoms with van der Waals surface area (Å²) >= 11 is 3.51. The van der Waals surface area contributed by atoms with Crippen molar-refractivity contribution < 1.29 is 9.47 Å². The fourth-order valence-electron chi connectivity index (χ4n) is 1.51. The lowest BCUT2D eigenvalue weighted by molar-refractivity contribution is 0.297. The van der Waals surface area contributed by atoms with Gasteiger partial charge in [-0.05, 0) is 54.5 Å². The normalized spacial score (nSPS) is 9.56. The minimum absolute atomic E-state index is 0.362. The highest BCUT2D eigenvalue weighted by molar-refractivity contribution is 9.10. The molecule has 0 bridgehead atoms. The molecule has 18 heavy (non-hydrogen) atoms. The molecule has 0 aliphatic heterocycles. The summed E-state index contributed by atoms with van der Waals surface area (Å²) in [6.45, 7) is 5.49. The first kappa shape index (κ1) is 14.9. The molecule has 1 rings (SSSR count). The van der Waals surface area contributed by atoms with E-state index in [1.165, 1.54) is 0 Å². The minimum Gasteiger partial charge on any atom is -0.490 e. The quantitative estimate of drug-likeness (QED) is 0.819. The lowest BCUT2D eigenvalue weighted by atomic mass is 10.2. The van der Waals surface area contributed by atoms with E-state index in [0.29, 0.717) is 19.0 Å². The van der Waals surface area contributed by atoms with E-state index in [0.717, 1.165) is 22.3 Å². The number of hydrogen-bond acceptors (Lipinski definition) is 3. The number of halogens is 1. The van der Waals surface area contributed by atoms with Crippen molar-refractivity contribution in [2.45, 2.75) is 20.4 Å². The van der Waals surface area contributed by atoms with Gasteiger partial charge in [0, 0.05) is 6.54 Å². The van der Waals surface area contributed by atoms with Crippen molar-refractivity contribution in [3.8, 4) is 23.3 Å². The number of benzene rings is 1. The van der Waals surface area contributed by atoms with Gasteiger partial charge >= 0.3 is 0 Å². The van der Waals surface area contributed by atoms with Gasteiger partial charge in [-0.1, -0.05) is 5.92 Å². The Bertz CT molecular complexity index is 449. The highest BCUT2D eigenvalue weighted by Gasteiger charge is 2.11. The molecule has 1 aromatic carbocycles. The van der Waals surface area contributed by atoms with Gasteiger partial charge in [0.25, 0.3) is 0 Å². The van der Waals surface area contributed by atoms with Gasteiger partial charge in [0.1, 0.15) is 6.61 Å². The number of ether oxygens (including phenoxy) is 2. The van der Waals surface area contributed by atoms with Crippen molar-refractivity contribution in [3.05, 3.63) is 22.2 Å². The van der Waals surface area contributed by atoms with Crippen LogP contribution in [0.5, 0.6) is 11.5 Å². The third kappa shape index (κ3) is 4.25. The Kier molecular flexibility index (Phi) is 6.63. The molecule has 0 aliphatic rings. The van der Waals surface area contributed by atoms with Crippen LogP contribution in [0.2, 0.25) is 0 Å². The molecule has 0 atom stereocenters. The molecule has 0 fully saturated rings. The molecule has 0 spiro atoms. The molecule has 1 N–H and O–H groups in total. The maximum absolute atomic E-state index is 5.63. The van der Waals surface area contributed by atoms with Gasteiger partial charge in [0.2, 0.25) is 0 Å². The van der Waals surface area contributed by atoms with Crippen LogP contribution in [0.4, 0.5) is 0 Å². The molecule has 3 nitrogen and oxygen atoms in total. The second kappa shape index (κ2) is 8.02. The molecule has 0 aromatic heterocycles.